The molecule has 0 bridgehead atoms. The lowest BCUT2D eigenvalue weighted by atomic mass is 10.1. The highest BCUT2D eigenvalue weighted by Gasteiger charge is 2.21. The number of halogens is 1. The van der Waals surface area contributed by atoms with Gasteiger partial charge in [-0.1, -0.05) is 60.6 Å². The Balaban J connectivity index is 1.21. The second kappa shape index (κ2) is 13.0. The Hall–Kier alpha value is -3.62. The van der Waals surface area contributed by atoms with Crippen LogP contribution in [-0.4, -0.2) is 47.0 Å². The monoisotopic (exact) mass is 558 g/mol. The van der Waals surface area contributed by atoms with E-state index in [1.807, 2.05) is 60.7 Å². The smallest absolute Gasteiger partial charge is 0.251 e. The second-order valence-corrected chi connectivity index (χ2v) is 10.6. The minimum atomic E-state index is -0.116. The number of hydrogen-bond donors (Lipinski definition) is 1. The molecule has 2 aromatic heterocycles. The van der Waals surface area contributed by atoms with Crippen molar-refractivity contribution in [3.05, 3.63) is 107 Å². The Morgan fingerprint density at radius 3 is 2.49 bits per heavy atom. The molecular formula is C30H31ClN6OS. The molecule has 3 heterocycles. The van der Waals surface area contributed by atoms with Crippen LogP contribution in [0.5, 0.6) is 0 Å². The summed E-state index contributed by atoms with van der Waals surface area (Å²) in [5.74, 6) is 1.52. The molecule has 1 aliphatic heterocycles. The van der Waals surface area contributed by atoms with Gasteiger partial charge in [0.15, 0.2) is 5.16 Å². The summed E-state index contributed by atoms with van der Waals surface area (Å²) in [6.45, 7) is 6.00. The standard InChI is InChI=1S/C30H31ClN6OS/c1-2-24-19-28(37-16-14-36(15-17-37)27-12-4-3-11-26(27)31)35-30(34-24)39-21-22-8-7-9-23(18-22)29(38)33-20-25-10-5-6-13-32-25/h3-13,18-19H,2,14-17,20-21H2,1H3,(H,33,38). The molecule has 1 amide bonds. The number of aryl methyl sites for hydroxylation is 1. The third-order valence-electron chi connectivity index (χ3n) is 6.62. The largest absolute Gasteiger partial charge is 0.367 e. The van der Waals surface area contributed by atoms with Crippen molar-refractivity contribution in [1.82, 2.24) is 20.3 Å². The number of hydrogen-bond acceptors (Lipinski definition) is 7. The number of benzene rings is 2. The quantitative estimate of drug-likeness (QED) is 0.210. The zero-order valence-electron chi connectivity index (χ0n) is 21.9. The minimum Gasteiger partial charge on any atom is -0.367 e. The molecule has 200 valence electrons. The molecular weight excluding hydrogens is 528 g/mol. The molecule has 4 aromatic rings. The Morgan fingerprint density at radius 1 is 0.923 bits per heavy atom. The van der Waals surface area contributed by atoms with E-state index in [2.05, 4.69) is 39.2 Å². The summed E-state index contributed by atoms with van der Waals surface area (Å²) in [6, 6.07) is 23.5. The van der Waals surface area contributed by atoms with E-state index in [1.165, 1.54) is 0 Å². The van der Waals surface area contributed by atoms with E-state index < -0.39 is 0 Å². The first-order valence-electron chi connectivity index (χ1n) is 13.1. The van der Waals surface area contributed by atoms with Gasteiger partial charge >= 0.3 is 0 Å². The number of anilines is 2. The van der Waals surface area contributed by atoms with Crippen LogP contribution < -0.4 is 15.1 Å². The normalized spacial score (nSPS) is 13.4. The zero-order valence-corrected chi connectivity index (χ0v) is 23.5. The van der Waals surface area contributed by atoms with Crippen LogP contribution in [0.25, 0.3) is 0 Å². The Labute approximate surface area is 238 Å². The number of amides is 1. The maximum Gasteiger partial charge on any atom is 0.251 e. The van der Waals surface area contributed by atoms with Crippen LogP contribution in [0.3, 0.4) is 0 Å². The van der Waals surface area contributed by atoms with Crippen molar-refractivity contribution < 1.29 is 4.79 Å². The lowest BCUT2D eigenvalue weighted by molar-refractivity contribution is 0.0950. The van der Waals surface area contributed by atoms with E-state index in [4.69, 9.17) is 21.6 Å². The van der Waals surface area contributed by atoms with Gasteiger partial charge in [-0.2, -0.15) is 0 Å². The summed E-state index contributed by atoms with van der Waals surface area (Å²) in [7, 11) is 0. The number of nitrogens with one attached hydrogen (secondary N) is 1. The molecule has 5 rings (SSSR count). The van der Waals surface area contributed by atoms with Crippen molar-refractivity contribution in [2.45, 2.75) is 30.8 Å². The van der Waals surface area contributed by atoms with Crippen LogP contribution in [0.1, 0.15) is 34.2 Å². The molecule has 1 saturated heterocycles. The number of carbonyl (C=O) groups excluding carboxylic acids is 1. The molecule has 0 saturated carbocycles. The minimum absolute atomic E-state index is 0.116. The second-order valence-electron chi connectivity index (χ2n) is 9.27. The van der Waals surface area contributed by atoms with Gasteiger partial charge in [0.1, 0.15) is 5.82 Å². The molecule has 0 aliphatic carbocycles. The predicted octanol–water partition coefficient (Wildman–Crippen LogP) is 5.64. The molecule has 0 radical (unpaired) electrons. The van der Waals surface area contributed by atoms with Crippen LogP contribution in [0.15, 0.2) is 84.1 Å². The predicted molar refractivity (Wildman–Crippen MR) is 159 cm³/mol. The van der Waals surface area contributed by atoms with Gasteiger partial charge in [0.2, 0.25) is 0 Å². The van der Waals surface area contributed by atoms with Gasteiger partial charge in [-0.25, -0.2) is 9.97 Å². The van der Waals surface area contributed by atoms with Crippen LogP contribution >= 0.6 is 23.4 Å². The van der Waals surface area contributed by atoms with Gasteiger partial charge in [-0.15, -0.1) is 0 Å². The fourth-order valence-corrected chi connectivity index (χ4v) is 5.55. The summed E-state index contributed by atoms with van der Waals surface area (Å²) >= 11 is 8.01. The highest BCUT2D eigenvalue weighted by atomic mass is 35.5. The number of rotatable bonds is 9. The summed E-state index contributed by atoms with van der Waals surface area (Å²) in [5, 5.41) is 4.48. The number of aromatic nitrogens is 3. The van der Waals surface area contributed by atoms with Gasteiger partial charge in [-0.3, -0.25) is 9.78 Å². The fourth-order valence-electron chi connectivity index (χ4n) is 4.48. The molecule has 2 aromatic carbocycles. The molecule has 1 fully saturated rings. The molecule has 7 nitrogen and oxygen atoms in total. The van der Waals surface area contributed by atoms with Crippen molar-refractivity contribution in [1.29, 1.82) is 0 Å². The van der Waals surface area contributed by atoms with Crippen molar-refractivity contribution in [2.75, 3.05) is 36.0 Å². The van der Waals surface area contributed by atoms with Crippen LogP contribution in [-0.2, 0) is 18.7 Å². The first-order chi connectivity index (χ1) is 19.1. The van der Waals surface area contributed by atoms with Crippen molar-refractivity contribution in [3.8, 4) is 0 Å². The third kappa shape index (κ3) is 7.07. The summed E-state index contributed by atoms with van der Waals surface area (Å²) in [5.41, 5.74) is 4.61. The molecule has 0 spiro atoms. The van der Waals surface area contributed by atoms with E-state index in [9.17, 15) is 4.79 Å². The van der Waals surface area contributed by atoms with E-state index in [-0.39, 0.29) is 5.91 Å². The topological polar surface area (TPSA) is 74.2 Å². The first-order valence-corrected chi connectivity index (χ1v) is 14.5. The number of pyridine rings is 1. The lowest BCUT2D eigenvalue weighted by Crippen LogP contribution is -2.47. The maximum absolute atomic E-state index is 12.7. The van der Waals surface area contributed by atoms with Gasteiger partial charge in [0.05, 0.1) is 22.9 Å². The summed E-state index contributed by atoms with van der Waals surface area (Å²) < 4.78 is 0. The molecule has 0 unspecified atom stereocenters. The van der Waals surface area contributed by atoms with E-state index in [0.717, 1.165) is 71.2 Å². The highest BCUT2D eigenvalue weighted by molar-refractivity contribution is 7.98. The molecule has 1 N–H and O–H groups in total. The van der Waals surface area contributed by atoms with Crippen molar-refractivity contribution in [2.24, 2.45) is 0 Å². The van der Waals surface area contributed by atoms with Gasteiger partial charge < -0.3 is 15.1 Å². The van der Waals surface area contributed by atoms with Crippen LogP contribution in [0.2, 0.25) is 5.02 Å². The number of para-hydroxylation sites is 1. The summed E-state index contributed by atoms with van der Waals surface area (Å²) in [6.07, 6.45) is 2.57. The Morgan fingerprint density at radius 2 is 1.72 bits per heavy atom. The molecule has 1 aliphatic rings. The number of piperazine rings is 1. The maximum atomic E-state index is 12.7. The van der Waals surface area contributed by atoms with Crippen molar-refractivity contribution >= 4 is 40.8 Å². The number of nitrogens with zero attached hydrogens (tertiary/aromatic N) is 5. The number of carbonyl (C=O) groups is 1. The lowest BCUT2D eigenvalue weighted by Gasteiger charge is -2.37. The molecule has 9 heteroatoms. The SMILES string of the molecule is CCc1cc(N2CCN(c3ccccc3Cl)CC2)nc(SCc2cccc(C(=O)NCc3ccccn3)c2)n1. The Kier molecular flexibility index (Phi) is 8.96. The van der Waals surface area contributed by atoms with Gasteiger partial charge in [-0.05, 0) is 48.4 Å². The van der Waals surface area contributed by atoms with Gasteiger partial charge in [0, 0.05) is 55.5 Å². The number of thioether (sulfide) groups is 1. The fraction of sp³-hybridized carbons (Fsp3) is 0.267. The average molecular weight is 559 g/mol. The van der Waals surface area contributed by atoms with E-state index in [1.54, 1.807) is 18.0 Å². The van der Waals surface area contributed by atoms with E-state index in [0.29, 0.717) is 17.9 Å². The average Bonchev–Trinajstić information content (AvgIpc) is 2.99. The Bertz CT molecular complexity index is 1410. The molecule has 0 atom stereocenters. The zero-order chi connectivity index (χ0) is 27.0. The molecule has 39 heavy (non-hydrogen) atoms. The van der Waals surface area contributed by atoms with Crippen LogP contribution in [0, 0.1) is 0 Å². The van der Waals surface area contributed by atoms with Crippen molar-refractivity contribution in [3.63, 3.8) is 0 Å². The highest BCUT2D eigenvalue weighted by Crippen LogP contribution is 2.28. The first kappa shape index (κ1) is 27.0. The van der Waals surface area contributed by atoms with Gasteiger partial charge in [0.25, 0.3) is 5.91 Å². The third-order valence-corrected chi connectivity index (χ3v) is 7.86. The van der Waals surface area contributed by atoms with Crippen LogP contribution in [0.4, 0.5) is 11.5 Å². The van der Waals surface area contributed by atoms with E-state index >= 15 is 0 Å². The summed E-state index contributed by atoms with van der Waals surface area (Å²) in [4.78, 5) is 31.3.